The van der Waals surface area contributed by atoms with Gasteiger partial charge >= 0.3 is 0 Å². The zero-order valence-electron chi connectivity index (χ0n) is 19.1. The van der Waals surface area contributed by atoms with Gasteiger partial charge in [-0.15, -0.1) is 16.8 Å². The summed E-state index contributed by atoms with van der Waals surface area (Å²) < 4.78 is 21.3. The predicted octanol–water partition coefficient (Wildman–Crippen LogP) is 4.76. The Hall–Kier alpha value is -3.13. The second-order valence-corrected chi connectivity index (χ2v) is 9.26. The minimum Gasteiger partial charge on any atom is -0.483 e. The molecule has 1 fully saturated rings. The Kier molecular flexibility index (Phi) is 8.36. The van der Waals surface area contributed by atoms with Gasteiger partial charge in [-0.1, -0.05) is 60.3 Å². The molecule has 178 valence electrons. The first-order valence-corrected chi connectivity index (χ1v) is 12.5. The lowest BCUT2D eigenvalue weighted by Crippen LogP contribution is -2.39. The lowest BCUT2D eigenvalue weighted by molar-refractivity contribution is -0.129. The number of thioether (sulfide) groups is 1. The van der Waals surface area contributed by atoms with Crippen molar-refractivity contribution in [2.75, 3.05) is 18.8 Å². The number of allylic oxidation sites excluding steroid dienone is 1. The molecule has 0 spiro atoms. The maximum atomic E-state index is 13.8. The fourth-order valence-electron chi connectivity index (χ4n) is 4.10. The Labute approximate surface area is 203 Å². The van der Waals surface area contributed by atoms with E-state index in [9.17, 15) is 9.18 Å². The highest BCUT2D eigenvalue weighted by Gasteiger charge is 2.24. The molecule has 0 aliphatic carbocycles. The summed E-state index contributed by atoms with van der Waals surface area (Å²) in [6.45, 7) is 5.92. The predicted molar refractivity (Wildman–Crippen MR) is 131 cm³/mol. The number of hydrogen-bond acceptors (Lipinski definition) is 5. The van der Waals surface area contributed by atoms with Crippen LogP contribution in [-0.4, -0.2) is 44.4 Å². The molecule has 0 N–H and O–H groups in total. The van der Waals surface area contributed by atoms with Crippen molar-refractivity contribution < 1.29 is 13.9 Å². The van der Waals surface area contributed by atoms with Gasteiger partial charge in [0, 0.05) is 19.6 Å². The number of rotatable bonds is 10. The van der Waals surface area contributed by atoms with Gasteiger partial charge in [-0.05, 0) is 42.9 Å². The van der Waals surface area contributed by atoms with Crippen LogP contribution in [0, 0.1) is 11.7 Å². The van der Waals surface area contributed by atoms with E-state index < -0.39 is 5.82 Å². The second-order valence-electron chi connectivity index (χ2n) is 8.32. The molecule has 0 bridgehead atoms. The quantitative estimate of drug-likeness (QED) is 0.309. The third-order valence-corrected chi connectivity index (χ3v) is 6.91. The molecule has 0 unspecified atom stereocenters. The highest BCUT2D eigenvalue weighted by Crippen LogP contribution is 2.24. The third kappa shape index (κ3) is 6.26. The largest absolute Gasteiger partial charge is 0.483 e. The van der Waals surface area contributed by atoms with Crippen LogP contribution in [0.25, 0.3) is 0 Å². The molecule has 4 rings (SSSR count). The van der Waals surface area contributed by atoms with Crippen molar-refractivity contribution in [3.8, 4) is 5.75 Å². The number of piperidine rings is 1. The molecule has 0 radical (unpaired) electrons. The van der Waals surface area contributed by atoms with Gasteiger partial charge in [0.15, 0.2) is 22.5 Å². The fourth-order valence-corrected chi connectivity index (χ4v) is 4.97. The van der Waals surface area contributed by atoms with Crippen LogP contribution in [0.2, 0.25) is 0 Å². The third-order valence-electron chi connectivity index (χ3n) is 5.96. The van der Waals surface area contributed by atoms with Crippen LogP contribution in [0.3, 0.4) is 0 Å². The summed E-state index contributed by atoms with van der Waals surface area (Å²) in [5, 5.41) is 9.05. The van der Waals surface area contributed by atoms with E-state index >= 15 is 0 Å². The van der Waals surface area contributed by atoms with Crippen molar-refractivity contribution in [2.24, 2.45) is 5.92 Å². The van der Waals surface area contributed by atoms with Crippen molar-refractivity contribution in [2.45, 2.75) is 37.6 Å². The molecule has 1 saturated heterocycles. The monoisotopic (exact) mass is 480 g/mol. The summed E-state index contributed by atoms with van der Waals surface area (Å²) in [5.41, 5.74) is 1.36. The average molecular weight is 481 g/mol. The van der Waals surface area contributed by atoms with Gasteiger partial charge in [0.25, 0.3) is 0 Å². The fraction of sp³-hybridized carbons (Fsp3) is 0.346. The Morgan fingerprint density at radius 3 is 2.59 bits per heavy atom. The molecule has 3 aromatic rings. The number of nitrogens with zero attached hydrogens (tertiary/aromatic N) is 4. The van der Waals surface area contributed by atoms with Gasteiger partial charge in [-0.2, -0.15) is 0 Å². The molecule has 34 heavy (non-hydrogen) atoms. The molecular weight excluding hydrogens is 451 g/mol. The smallest absolute Gasteiger partial charge is 0.233 e. The van der Waals surface area contributed by atoms with Crippen molar-refractivity contribution >= 4 is 17.7 Å². The second kappa shape index (κ2) is 11.8. The maximum Gasteiger partial charge on any atom is 0.233 e. The van der Waals surface area contributed by atoms with Gasteiger partial charge in [0.2, 0.25) is 5.91 Å². The van der Waals surface area contributed by atoms with E-state index in [1.54, 1.807) is 24.3 Å². The number of ether oxygens (including phenoxy) is 1. The molecule has 1 amide bonds. The van der Waals surface area contributed by atoms with Crippen LogP contribution in [0.4, 0.5) is 4.39 Å². The molecular formula is C26H29FN4O2S. The standard InChI is InChI=1S/C26H29FN4O2S/c1-2-14-31-24(18-33-23-11-7-6-10-22(23)27)28-29-26(31)34-19-25(32)30-15-12-21(13-16-30)17-20-8-4-3-5-9-20/h2-11,21H,1,12-19H2. The first kappa shape index (κ1) is 24.0. The van der Waals surface area contributed by atoms with Crippen LogP contribution in [-0.2, 0) is 24.4 Å². The lowest BCUT2D eigenvalue weighted by Gasteiger charge is -2.32. The topological polar surface area (TPSA) is 60.2 Å². The molecule has 2 heterocycles. The van der Waals surface area contributed by atoms with Gasteiger partial charge in [-0.25, -0.2) is 4.39 Å². The SMILES string of the molecule is C=CCn1c(COc2ccccc2F)nnc1SCC(=O)N1CCC(Cc2ccccc2)CC1. The minimum absolute atomic E-state index is 0.0746. The Morgan fingerprint density at radius 1 is 1.12 bits per heavy atom. The van der Waals surface area contributed by atoms with E-state index in [4.69, 9.17) is 4.74 Å². The van der Waals surface area contributed by atoms with Crippen LogP contribution >= 0.6 is 11.8 Å². The Bertz CT molecular complexity index is 1100. The van der Waals surface area contributed by atoms with E-state index in [1.807, 2.05) is 15.5 Å². The van der Waals surface area contributed by atoms with E-state index in [0.29, 0.717) is 29.2 Å². The van der Waals surface area contributed by atoms with E-state index in [-0.39, 0.29) is 18.3 Å². The van der Waals surface area contributed by atoms with Crippen LogP contribution in [0.1, 0.15) is 24.2 Å². The number of hydrogen-bond donors (Lipinski definition) is 0. The summed E-state index contributed by atoms with van der Waals surface area (Å²) in [6, 6.07) is 16.8. The molecule has 1 aromatic heterocycles. The zero-order valence-corrected chi connectivity index (χ0v) is 19.9. The normalized spacial score (nSPS) is 14.2. The number of para-hydroxylation sites is 1. The maximum absolute atomic E-state index is 13.8. The van der Waals surface area contributed by atoms with Crippen molar-refractivity contribution in [1.82, 2.24) is 19.7 Å². The van der Waals surface area contributed by atoms with Crippen LogP contribution in [0.15, 0.2) is 72.4 Å². The van der Waals surface area contributed by atoms with Gasteiger partial charge in [0.05, 0.1) is 5.75 Å². The molecule has 1 aliphatic rings. The first-order valence-electron chi connectivity index (χ1n) is 11.5. The number of amides is 1. The van der Waals surface area contributed by atoms with Gasteiger partial charge in [-0.3, -0.25) is 9.36 Å². The van der Waals surface area contributed by atoms with E-state index in [1.165, 1.54) is 23.4 Å². The first-order chi connectivity index (χ1) is 16.6. The summed E-state index contributed by atoms with van der Waals surface area (Å²) in [7, 11) is 0. The van der Waals surface area contributed by atoms with Crippen molar-refractivity contribution in [1.29, 1.82) is 0 Å². The molecule has 1 aliphatic heterocycles. The van der Waals surface area contributed by atoms with E-state index in [2.05, 4.69) is 41.0 Å². The number of carbonyl (C=O) groups excluding carboxylic acids is 1. The summed E-state index contributed by atoms with van der Waals surface area (Å²) in [4.78, 5) is 14.8. The molecule has 8 heteroatoms. The van der Waals surface area contributed by atoms with Crippen LogP contribution < -0.4 is 4.74 Å². The minimum atomic E-state index is -0.426. The molecule has 2 aromatic carbocycles. The van der Waals surface area contributed by atoms with E-state index in [0.717, 1.165) is 32.4 Å². The summed E-state index contributed by atoms with van der Waals surface area (Å²) >= 11 is 1.36. The van der Waals surface area contributed by atoms with Gasteiger partial charge in [0.1, 0.15) is 6.61 Å². The molecule has 0 atom stereocenters. The highest BCUT2D eigenvalue weighted by atomic mass is 32.2. The molecule has 6 nitrogen and oxygen atoms in total. The number of carbonyl (C=O) groups is 1. The molecule has 0 saturated carbocycles. The lowest BCUT2D eigenvalue weighted by atomic mass is 9.90. The van der Waals surface area contributed by atoms with Crippen molar-refractivity contribution in [3.63, 3.8) is 0 Å². The average Bonchev–Trinajstić information content (AvgIpc) is 3.25. The Morgan fingerprint density at radius 2 is 1.85 bits per heavy atom. The number of halogens is 1. The summed E-state index contributed by atoms with van der Waals surface area (Å²) in [6.07, 6.45) is 4.85. The number of aromatic nitrogens is 3. The summed E-state index contributed by atoms with van der Waals surface area (Å²) in [5.74, 6) is 1.32. The number of likely N-dealkylation sites (tertiary alicyclic amines) is 1. The van der Waals surface area contributed by atoms with Crippen LogP contribution in [0.5, 0.6) is 5.75 Å². The number of benzene rings is 2. The highest BCUT2D eigenvalue weighted by molar-refractivity contribution is 7.99. The van der Waals surface area contributed by atoms with Gasteiger partial charge < -0.3 is 9.64 Å². The van der Waals surface area contributed by atoms with Crippen molar-refractivity contribution in [3.05, 3.63) is 84.5 Å². The zero-order chi connectivity index (χ0) is 23.8. The Balaban J connectivity index is 1.28.